The molecular formula is C20H30ClN7O2. The normalized spacial score (nSPS) is 29.4. The zero-order valence-corrected chi connectivity index (χ0v) is 18.3. The largest absolute Gasteiger partial charge is 0.476 e. The second kappa shape index (κ2) is 9.36. The molecule has 164 valence electrons. The van der Waals surface area contributed by atoms with Gasteiger partial charge in [0.15, 0.2) is 5.82 Å². The first-order valence-electron chi connectivity index (χ1n) is 10.6. The predicted octanol–water partition coefficient (Wildman–Crippen LogP) is 2.42. The van der Waals surface area contributed by atoms with Crippen LogP contribution in [-0.4, -0.2) is 71.8 Å². The summed E-state index contributed by atoms with van der Waals surface area (Å²) < 4.78 is 11.2. The highest BCUT2D eigenvalue weighted by Crippen LogP contribution is 2.28. The van der Waals surface area contributed by atoms with E-state index in [0.29, 0.717) is 41.2 Å². The lowest BCUT2D eigenvalue weighted by molar-refractivity contribution is -0.00897. The van der Waals surface area contributed by atoms with Crippen molar-refractivity contribution < 1.29 is 9.47 Å². The summed E-state index contributed by atoms with van der Waals surface area (Å²) in [5, 5.41) is 18.9. The van der Waals surface area contributed by atoms with Gasteiger partial charge in [0, 0.05) is 43.3 Å². The van der Waals surface area contributed by atoms with Gasteiger partial charge in [-0.1, -0.05) is 11.6 Å². The van der Waals surface area contributed by atoms with Crippen LogP contribution in [0.3, 0.4) is 0 Å². The average Bonchev–Trinajstić information content (AvgIpc) is 2.72. The summed E-state index contributed by atoms with van der Waals surface area (Å²) in [5.41, 5.74) is 1.40. The molecule has 2 bridgehead atoms. The van der Waals surface area contributed by atoms with E-state index in [4.69, 9.17) is 26.5 Å². The number of nitrogens with one attached hydrogen (secondary N) is 4. The van der Waals surface area contributed by atoms with Gasteiger partial charge in [0.25, 0.3) is 0 Å². The molecular weight excluding hydrogens is 406 g/mol. The summed E-state index contributed by atoms with van der Waals surface area (Å²) in [6.45, 7) is 8.09. The molecule has 4 rings (SSSR count). The smallest absolute Gasteiger partial charge is 0.232 e. The molecule has 0 radical (unpaired) electrons. The van der Waals surface area contributed by atoms with Gasteiger partial charge in [0.05, 0.1) is 26.0 Å². The number of anilines is 2. The minimum absolute atomic E-state index is 0.0817. The fourth-order valence-corrected chi connectivity index (χ4v) is 4.15. The van der Waals surface area contributed by atoms with Crippen LogP contribution in [0.15, 0.2) is 17.6 Å². The number of nitrogens with zero attached hydrogens (tertiary/aromatic N) is 3. The molecule has 1 aromatic heterocycles. The summed E-state index contributed by atoms with van der Waals surface area (Å²) in [7, 11) is 0. The van der Waals surface area contributed by atoms with Crippen molar-refractivity contribution in [1.29, 1.82) is 5.41 Å². The van der Waals surface area contributed by atoms with Crippen LogP contribution >= 0.6 is 11.6 Å². The SMILES string of the molecule is C/C(NC1CC(N2CCOCC2)C1)=C1\Nc2ncc(Cl)c(n2)N[C@H](C)CCOC1=N. The van der Waals surface area contributed by atoms with Gasteiger partial charge in [-0.25, -0.2) is 4.98 Å². The summed E-state index contributed by atoms with van der Waals surface area (Å²) in [4.78, 5) is 11.3. The van der Waals surface area contributed by atoms with Gasteiger partial charge in [0.1, 0.15) is 10.7 Å². The fourth-order valence-electron chi connectivity index (χ4n) is 4.00. The van der Waals surface area contributed by atoms with Gasteiger partial charge in [-0.05, 0) is 26.7 Å². The molecule has 30 heavy (non-hydrogen) atoms. The van der Waals surface area contributed by atoms with E-state index >= 15 is 0 Å². The summed E-state index contributed by atoms with van der Waals surface area (Å²) in [5.74, 6) is 1.03. The van der Waals surface area contributed by atoms with E-state index in [2.05, 4.69) is 30.8 Å². The number of allylic oxidation sites excluding steroid dienone is 1. The highest BCUT2D eigenvalue weighted by atomic mass is 35.5. The van der Waals surface area contributed by atoms with E-state index in [0.717, 1.165) is 51.3 Å². The number of fused-ring (bicyclic) bond motifs is 2. The molecule has 4 N–H and O–H groups in total. The van der Waals surface area contributed by atoms with Gasteiger partial charge in [0.2, 0.25) is 11.8 Å². The summed E-state index contributed by atoms with van der Waals surface area (Å²) in [6.07, 6.45) is 4.46. The highest BCUT2D eigenvalue weighted by Gasteiger charge is 2.34. The van der Waals surface area contributed by atoms with Crippen molar-refractivity contribution in [2.24, 2.45) is 0 Å². The maximum absolute atomic E-state index is 8.44. The number of hydrogen-bond donors (Lipinski definition) is 4. The van der Waals surface area contributed by atoms with Crippen molar-refractivity contribution >= 4 is 29.3 Å². The molecule has 3 aliphatic rings. The molecule has 2 aliphatic heterocycles. The van der Waals surface area contributed by atoms with Crippen LogP contribution in [0, 0.1) is 5.41 Å². The number of rotatable bonds is 3. The lowest BCUT2D eigenvalue weighted by atomic mass is 9.85. The minimum Gasteiger partial charge on any atom is -0.476 e. The quantitative estimate of drug-likeness (QED) is 0.573. The van der Waals surface area contributed by atoms with Crippen LogP contribution in [0.2, 0.25) is 5.02 Å². The zero-order chi connectivity index (χ0) is 21.1. The maximum Gasteiger partial charge on any atom is 0.232 e. The molecule has 0 unspecified atom stereocenters. The Bertz CT molecular complexity index is 806. The molecule has 1 aliphatic carbocycles. The Kier molecular flexibility index (Phi) is 6.60. The molecule has 1 saturated carbocycles. The van der Waals surface area contributed by atoms with Gasteiger partial charge < -0.3 is 25.4 Å². The van der Waals surface area contributed by atoms with Crippen molar-refractivity contribution in [3.8, 4) is 0 Å². The van der Waals surface area contributed by atoms with Gasteiger partial charge in [-0.3, -0.25) is 10.3 Å². The van der Waals surface area contributed by atoms with Crippen molar-refractivity contribution in [2.45, 2.75) is 51.2 Å². The molecule has 0 spiro atoms. The third kappa shape index (κ3) is 4.96. The van der Waals surface area contributed by atoms with E-state index in [1.807, 2.05) is 13.8 Å². The molecule has 9 nitrogen and oxygen atoms in total. The number of hydrogen-bond acceptors (Lipinski definition) is 9. The third-order valence-electron chi connectivity index (χ3n) is 5.86. The Balaban J connectivity index is 1.46. The first-order valence-corrected chi connectivity index (χ1v) is 10.9. The van der Waals surface area contributed by atoms with Crippen molar-refractivity contribution in [1.82, 2.24) is 20.2 Å². The van der Waals surface area contributed by atoms with Gasteiger partial charge in [-0.15, -0.1) is 0 Å². The Labute approximate surface area is 182 Å². The molecule has 3 heterocycles. The number of aromatic nitrogens is 2. The summed E-state index contributed by atoms with van der Waals surface area (Å²) >= 11 is 6.23. The molecule has 0 amide bonds. The average molecular weight is 436 g/mol. The molecule has 1 atom stereocenters. The Morgan fingerprint density at radius 2 is 2.07 bits per heavy atom. The van der Waals surface area contributed by atoms with E-state index in [1.165, 1.54) is 0 Å². The number of halogens is 1. The van der Waals surface area contributed by atoms with E-state index in [9.17, 15) is 0 Å². The Morgan fingerprint density at radius 1 is 1.30 bits per heavy atom. The van der Waals surface area contributed by atoms with E-state index < -0.39 is 0 Å². The monoisotopic (exact) mass is 435 g/mol. The van der Waals surface area contributed by atoms with Crippen LogP contribution in [0.1, 0.15) is 33.1 Å². The third-order valence-corrected chi connectivity index (χ3v) is 6.14. The van der Waals surface area contributed by atoms with Crippen molar-refractivity contribution in [3.05, 3.63) is 22.6 Å². The molecule has 1 aromatic rings. The topological polar surface area (TPSA) is 107 Å². The molecule has 10 heteroatoms. The lowest BCUT2D eigenvalue weighted by Crippen LogP contribution is -2.55. The maximum atomic E-state index is 8.44. The van der Waals surface area contributed by atoms with Gasteiger partial charge >= 0.3 is 0 Å². The predicted molar refractivity (Wildman–Crippen MR) is 117 cm³/mol. The zero-order valence-electron chi connectivity index (χ0n) is 17.5. The van der Waals surface area contributed by atoms with Crippen LogP contribution < -0.4 is 16.0 Å². The molecule has 2 fully saturated rings. The first-order chi connectivity index (χ1) is 14.5. The van der Waals surface area contributed by atoms with Crippen molar-refractivity contribution in [2.75, 3.05) is 43.5 Å². The fraction of sp³-hybridized carbons (Fsp3) is 0.650. The van der Waals surface area contributed by atoms with Crippen LogP contribution in [0.25, 0.3) is 0 Å². The highest BCUT2D eigenvalue weighted by molar-refractivity contribution is 6.32. The molecule has 0 aromatic carbocycles. The van der Waals surface area contributed by atoms with Crippen LogP contribution in [0.5, 0.6) is 0 Å². The van der Waals surface area contributed by atoms with E-state index in [-0.39, 0.29) is 11.9 Å². The Morgan fingerprint density at radius 3 is 2.83 bits per heavy atom. The second-order valence-corrected chi connectivity index (χ2v) is 8.55. The Hall–Kier alpha value is -2.10. The second-order valence-electron chi connectivity index (χ2n) is 8.14. The van der Waals surface area contributed by atoms with Crippen LogP contribution in [-0.2, 0) is 9.47 Å². The first kappa shape index (κ1) is 21.1. The molecule has 1 saturated heterocycles. The van der Waals surface area contributed by atoms with Crippen molar-refractivity contribution in [3.63, 3.8) is 0 Å². The van der Waals surface area contributed by atoms with E-state index in [1.54, 1.807) is 6.20 Å². The standard InChI is InChI=1S/C20H30ClN7O2/c1-12-3-6-30-18(22)17(26-20-23-11-16(21)19(24-12)27-20)13(2)25-14-9-15(10-14)28-4-7-29-8-5-28/h11-12,14-15,22,25H,3-10H2,1-2H3,(H2,23,24,26,27)/b17-13+,22-18?/t12-,14?,15?/m1/s1. The number of morpholine rings is 1. The van der Waals surface area contributed by atoms with Gasteiger partial charge in [-0.2, -0.15) is 4.98 Å². The number of ether oxygens (including phenoxy) is 2. The minimum atomic E-state index is 0.0817. The lowest BCUT2D eigenvalue weighted by Gasteiger charge is -2.45. The van der Waals surface area contributed by atoms with Crippen LogP contribution in [0.4, 0.5) is 11.8 Å². The summed E-state index contributed by atoms with van der Waals surface area (Å²) in [6, 6.07) is 1.09.